The maximum atomic E-state index is 5.52. The lowest BCUT2D eigenvalue weighted by Crippen LogP contribution is -2.43. The van der Waals surface area contributed by atoms with Gasteiger partial charge in [-0.25, -0.2) is 0 Å². The molecule has 0 aliphatic carbocycles. The molecule has 0 heterocycles. The Hall–Kier alpha value is 0.0569. The zero-order valence-corrected chi connectivity index (χ0v) is 24.0. The summed E-state index contributed by atoms with van der Waals surface area (Å²) in [4.78, 5) is 0. The highest BCUT2D eigenvalue weighted by Crippen LogP contribution is 2.18. The number of quaternary nitrogens is 1. The molecular formula is C27H60NO3Si+. The summed E-state index contributed by atoms with van der Waals surface area (Å²) in [6.45, 7) is 4.81. The number of rotatable bonds is 25. The van der Waals surface area contributed by atoms with Crippen molar-refractivity contribution in [1.82, 2.24) is 0 Å². The lowest BCUT2D eigenvalue weighted by Gasteiger charge is -2.30. The van der Waals surface area contributed by atoms with Crippen LogP contribution in [0.15, 0.2) is 0 Å². The Kier molecular flexibility index (Phi) is 21.6. The molecule has 0 aromatic rings. The summed E-state index contributed by atoms with van der Waals surface area (Å²) >= 11 is 0. The van der Waals surface area contributed by atoms with Crippen LogP contribution in [0.4, 0.5) is 0 Å². The first-order valence-electron chi connectivity index (χ1n) is 13.9. The second kappa shape index (κ2) is 21.6. The molecule has 0 aliphatic rings. The van der Waals surface area contributed by atoms with Crippen molar-refractivity contribution in [2.45, 2.75) is 129 Å². The second-order valence-electron chi connectivity index (χ2n) is 10.4. The van der Waals surface area contributed by atoms with Crippen molar-refractivity contribution in [1.29, 1.82) is 0 Å². The van der Waals surface area contributed by atoms with Gasteiger partial charge < -0.3 is 17.8 Å². The molecule has 5 heteroatoms. The molecule has 4 nitrogen and oxygen atoms in total. The van der Waals surface area contributed by atoms with Crippen LogP contribution in [0.3, 0.4) is 0 Å². The highest BCUT2D eigenvalue weighted by Gasteiger charge is 2.37. The molecule has 0 spiro atoms. The molecule has 0 aromatic carbocycles. The summed E-state index contributed by atoms with van der Waals surface area (Å²) in [5, 5.41) is 0. The largest absolute Gasteiger partial charge is 0.500 e. The number of hydrogen-bond acceptors (Lipinski definition) is 3. The predicted octanol–water partition coefficient (Wildman–Crippen LogP) is 7.98. The first kappa shape index (κ1) is 32.1. The molecule has 0 amide bonds. The smallest absolute Gasteiger partial charge is 0.377 e. The van der Waals surface area contributed by atoms with Gasteiger partial charge in [-0.15, -0.1) is 0 Å². The maximum absolute atomic E-state index is 5.52. The van der Waals surface area contributed by atoms with Crippen molar-refractivity contribution in [3.63, 3.8) is 0 Å². The summed E-state index contributed by atoms with van der Waals surface area (Å²) in [6.07, 6.45) is 25.3. The van der Waals surface area contributed by atoms with E-state index in [0.717, 1.165) is 16.9 Å². The number of unbranched alkanes of at least 4 members (excludes halogenated alkanes) is 16. The molecule has 0 saturated carbocycles. The lowest BCUT2D eigenvalue weighted by atomic mass is 10.0. The normalized spacial score (nSPS) is 12.6. The van der Waals surface area contributed by atoms with Crippen LogP contribution in [0.1, 0.15) is 122 Å². The van der Waals surface area contributed by atoms with Gasteiger partial charge in [0.1, 0.15) is 0 Å². The van der Waals surface area contributed by atoms with Crippen LogP contribution in [0.2, 0.25) is 6.04 Å². The van der Waals surface area contributed by atoms with E-state index in [1.54, 1.807) is 21.3 Å². The van der Waals surface area contributed by atoms with E-state index in [1.807, 2.05) is 0 Å². The summed E-state index contributed by atoms with van der Waals surface area (Å²) in [5.41, 5.74) is 0. The summed E-state index contributed by atoms with van der Waals surface area (Å²) in [6, 6.07) is 0.912. The van der Waals surface area contributed by atoms with Crippen LogP contribution in [0, 0.1) is 0 Å². The first-order chi connectivity index (χ1) is 15.4. The van der Waals surface area contributed by atoms with Crippen molar-refractivity contribution in [3.8, 4) is 0 Å². The minimum atomic E-state index is -2.39. The molecule has 0 aliphatic heterocycles. The van der Waals surface area contributed by atoms with Crippen LogP contribution in [-0.4, -0.2) is 61.8 Å². The molecule has 0 fully saturated rings. The van der Waals surface area contributed by atoms with E-state index in [-0.39, 0.29) is 0 Å². The summed E-state index contributed by atoms with van der Waals surface area (Å²) in [7, 11) is 7.48. The van der Waals surface area contributed by atoms with Gasteiger partial charge in [0.15, 0.2) is 0 Å². The Morgan fingerprint density at radius 3 is 1.12 bits per heavy atom. The molecule has 0 aromatic heterocycles. The van der Waals surface area contributed by atoms with E-state index in [4.69, 9.17) is 13.3 Å². The number of hydrogen-bond donors (Lipinski definition) is 0. The van der Waals surface area contributed by atoms with Crippen molar-refractivity contribution in [2.75, 3.05) is 48.5 Å². The van der Waals surface area contributed by atoms with Gasteiger partial charge in [0.25, 0.3) is 0 Å². The van der Waals surface area contributed by atoms with Gasteiger partial charge >= 0.3 is 8.80 Å². The molecule has 0 unspecified atom stereocenters. The highest BCUT2D eigenvalue weighted by atomic mass is 28.4. The van der Waals surface area contributed by atoms with Gasteiger partial charge in [0, 0.05) is 27.4 Å². The lowest BCUT2D eigenvalue weighted by molar-refractivity contribution is -0.890. The van der Waals surface area contributed by atoms with Crippen molar-refractivity contribution < 1.29 is 17.8 Å². The number of nitrogens with zero attached hydrogens (tertiary/aromatic N) is 1. The van der Waals surface area contributed by atoms with Gasteiger partial charge in [0.05, 0.1) is 27.2 Å². The SMILES string of the molecule is CCCCCCCCCCCCCCCCCC[N+](C)(C)CCCC[Si](OC)(OC)OC. The zero-order valence-electron chi connectivity index (χ0n) is 23.0. The third-order valence-corrected chi connectivity index (χ3v) is 9.88. The summed E-state index contributed by atoms with van der Waals surface area (Å²) < 4.78 is 17.7. The Balaban J connectivity index is 3.46. The Bertz CT molecular complexity index is 381. The minimum Gasteiger partial charge on any atom is -0.377 e. The van der Waals surface area contributed by atoms with E-state index in [1.165, 1.54) is 122 Å². The van der Waals surface area contributed by atoms with Crippen LogP contribution < -0.4 is 0 Å². The molecule has 194 valence electrons. The third kappa shape index (κ3) is 18.5. The molecule has 32 heavy (non-hydrogen) atoms. The predicted molar refractivity (Wildman–Crippen MR) is 142 cm³/mol. The third-order valence-electron chi connectivity index (χ3n) is 7.05. The van der Waals surface area contributed by atoms with Crippen molar-refractivity contribution in [3.05, 3.63) is 0 Å². The van der Waals surface area contributed by atoms with E-state index in [2.05, 4.69) is 21.0 Å². The second-order valence-corrected chi connectivity index (χ2v) is 13.5. The molecular weight excluding hydrogens is 414 g/mol. The Labute approximate surface area is 203 Å². The van der Waals surface area contributed by atoms with Gasteiger partial charge in [-0.2, -0.15) is 0 Å². The van der Waals surface area contributed by atoms with E-state index in [0.29, 0.717) is 0 Å². The molecule has 0 N–H and O–H groups in total. The minimum absolute atomic E-state index is 0.912. The van der Waals surface area contributed by atoms with Crippen LogP contribution >= 0.6 is 0 Å². The molecule has 0 radical (unpaired) electrons. The monoisotopic (exact) mass is 474 g/mol. The highest BCUT2D eigenvalue weighted by molar-refractivity contribution is 6.60. The van der Waals surface area contributed by atoms with Crippen LogP contribution in [-0.2, 0) is 13.3 Å². The average Bonchev–Trinajstić information content (AvgIpc) is 2.79. The molecule has 0 bridgehead atoms. The Morgan fingerprint density at radius 1 is 0.469 bits per heavy atom. The standard InChI is InChI=1S/C27H60NO3Si/c1-7-8-9-10-11-12-13-14-15-16-17-18-19-20-21-22-25-28(2,3)26-23-24-27-32(29-4,30-5)31-6/h7-27H2,1-6H3/q+1. The topological polar surface area (TPSA) is 27.7 Å². The van der Waals surface area contributed by atoms with E-state index >= 15 is 0 Å². The van der Waals surface area contributed by atoms with Crippen LogP contribution in [0.25, 0.3) is 0 Å². The maximum Gasteiger partial charge on any atom is 0.500 e. The summed E-state index contributed by atoms with van der Waals surface area (Å²) in [5.74, 6) is 0. The molecule has 0 rings (SSSR count). The van der Waals surface area contributed by atoms with Gasteiger partial charge in [-0.3, -0.25) is 0 Å². The molecule has 0 saturated heterocycles. The fourth-order valence-electron chi connectivity index (χ4n) is 4.64. The van der Waals surface area contributed by atoms with Gasteiger partial charge in [-0.1, -0.05) is 96.8 Å². The zero-order chi connectivity index (χ0) is 24.0. The fourth-order valence-corrected chi connectivity index (χ4v) is 6.43. The first-order valence-corrected chi connectivity index (χ1v) is 15.9. The van der Waals surface area contributed by atoms with E-state index < -0.39 is 8.80 Å². The van der Waals surface area contributed by atoms with E-state index in [9.17, 15) is 0 Å². The van der Waals surface area contributed by atoms with Crippen LogP contribution in [0.5, 0.6) is 0 Å². The van der Waals surface area contributed by atoms with Gasteiger partial charge in [-0.05, 0) is 25.7 Å². The average molecular weight is 475 g/mol. The van der Waals surface area contributed by atoms with Crippen molar-refractivity contribution >= 4 is 8.80 Å². The fraction of sp³-hybridized carbons (Fsp3) is 1.00. The van der Waals surface area contributed by atoms with Crippen molar-refractivity contribution in [2.24, 2.45) is 0 Å². The quantitative estimate of drug-likeness (QED) is 0.0762. The van der Waals surface area contributed by atoms with Gasteiger partial charge in [0.2, 0.25) is 0 Å². The Morgan fingerprint density at radius 2 is 0.781 bits per heavy atom. The molecule has 0 atom stereocenters.